The zero-order valence-electron chi connectivity index (χ0n) is 13.0. The van der Waals surface area contributed by atoms with Crippen LogP contribution in [-0.4, -0.2) is 28.4 Å². The van der Waals surface area contributed by atoms with E-state index in [2.05, 4.69) is 53.5 Å². The first kappa shape index (κ1) is 16.9. The first-order valence-electron chi connectivity index (χ1n) is 7.59. The predicted octanol–water partition coefficient (Wildman–Crippen LogP) is 3.31. The van der Waals surface area contributed by atoms with Gasteiger partial charge in [-0.2, -0.15) is 0 Å². The summed E-state index contributed by atoms with van der Waals surface area (Å²) in [4.78, 5) is 3.78. The lowest BCUT2D eigenvalue weighted by Crippen LogP contribution is -1.85. The third kappa shape index (κ3) is 5.02. The molecule has 1 aromatic heterocycles. The van der Waals surface area contributed by atoms with Crippen LogP contribution in [0.3, 0.4) is 0 Å². The van der Waals surface area contributed by atoms with Crippen LogP contribution in [0.5, 0.6) is 0 Å². The van der Waals surface area contributed by atoms with Gasteiger partial charge in [-0.25, -0.2) is 0 Å². The first-order chi connectivity index (χ1) is 11.4. The van der Waals surface area contributed by atoms with Gasteiger partial charge < -0.3 is 10.2 Å². The van der Waals surface area contributed by atoms with Gasteiger partial charge in [-0.1, -0.05) is 54.6 Å². The minimum Gasteiger partial charge on any atom is -0.394 e. The number of aliphatic hydroxyl groups excluding tert-OH is 2. The molecular weight excluding hydrogens is 286 g/mol. The zero-order chi connectivity index (χ0) is 16.3. The molecule has 0 fully saturated rings. The lowest BCUT2D eigenvalue weighted by molar-refractivity contribution is 0.186. The van der Waals surface area contributed by atoms with Gasteiger partial charge in [0.25, 0.3) is 0 Å². The number of fused-ring (bicyclic) bond motifs is 3. The highest BCUT2D eigenvalue weighted by Gasteiger charge is 2.15. The minimum absolute atomic E-state index is 0.125. The molecule has 0 bridgehead atoms. The van der Waals surface area contributed by atoms with E-state index in [-0.39, 0.29) is 13.2 Å². The largest absolute Gasteiger partial charge is 0.394 e. The van der Waals surface area contributed by atoms with E-state index in [1.165, 1.54) is 22.3 Å². The van der Waals surface area contributed by atoms with Crippen LogP contribution in [0.15, 0.2) is 79.1 Å². The molecule has 1 aliphatic carbocycles. The molecule has 0 saturated carbocycles. The highest BCUT2D eigenvalue weighted by atomic mass is 16.3. The molecule has 4 rings (SSSR count). The Morgan fingerprint density at radius 1 is 0.652 bits per heavy atom. The maximum Gasteiger partial charge on any atom is 0.0662 e. The van der Waals surface area contributed by atoms with E-state index >= 15 is 0 Å². The Hall–Kier alpha value is -2.49. The molecule has 0 amide bonds. The number of benzene rings is 2. The van der Waals surface area contributed by atoms with Crippen molar-refractivity contribution in [3.05, 3.63) is 90.3 Å². The fourth-order valence-electron chi connectivity index (χ4n) is 2.39. The summed E-state index contributed by atoms with van der Waals surface area (Å²) in [7, 11) is 0. The van der Waals surface area contributed by atoms with E-state index in [4.69, 9.17) is 10.2 Å². The SMILES string of the molecule is OCCO.c1ccc2c(c1)Cc1ccccc1-2.c1ccncc1. The van der Waals surface area contributed by atoms with Gasteiger partial charge in [-0.15, -0.1) is 0 Å². The summed E-state index contributed by atoms with van der Waals surface area (Å²) in [6, 6.07) is 23.0. The van der Waals surface area contributed by atoms with Crippen molar-refractivity contribution in [3.63, 3.8) is 0 Å². The number of hydrogen-bond donors (Lipinski definition) is 2. The molecule has 0 aliphatic heterocycles. The molecule has 3 heteroatoms. The van der Waals surface area contributed by atoms with Gasteiger partial charge in [0.15, 0.2) is 0 Å². The van der Waals surface area contributed by atoms with Crippen molar-refractivity contribution in [3.8, 4) is 11.1 Å². The summed E-state index contributed by atoms with van der Waals surface area (Å²) < 4.78 is 0. The van der Waals surface area contributed by atoms with Crippen LogP contribution in [-0.2, 0) is 6.42 Å². The average molecular weight is 307 g/mol. The van der Waals surface area contributed by atoms with Gasteiger partial charge >= 0.3 is 0 Å². The Kier molecular flexibility index (Phi) is 6.98. The lowest BCUT2D eigenvalue weighted by Gasteiger charge is -1.98. The Morgan fingerprint density at radius 2 is 1.13 bits per heavy atom. The number of hydrogen-bond acceptors (Lipinski definition) is 3. The van der Waals surface area contributed by atoms with Crippen molar-refractivity contribution < 1.29 is 10.2 Å². The maximum atomic E-state index is 7.62. The molecule has 3 aromatic rings. The second-order valence-electron chi connectivity index (χ2n) is 4.96. The molecule has 2 N–H and O–H groups in total. The Balaban J connectivity index is 0.000000161. The number of aromatic nitrogens is 1. The molecule has 0 saturated heterocycles. The second-order valence-corrected chi connectivity index (χ2v) is 4.96. The van der Waals surface area contributed by atoms with E-state index in [9.17, 15) is 0 Å². The maximum absolute atomic E-state index is 7.62. The monoisotopic (exact) mass is 307 g/mol. The van der Waals surface area contributed by atoms with E-state index in [1.54, 1.807) is 12.4 Å². The van der Waals surface area contributed by atoms with Crippen LogP contribution in [0.4, 0.5) is 0 Å². The quantitative estimate of drug-likeness (QED) is 0.567. The Morgan fingerprint density at radius 3 is 1.48 bits per heavy atom. The van der Waals surface area contributed by atoms with Crippen molar-refractivity contribution in [2.24, 2.45) is 0 Å². The topological polar surface area (TPSA) is 53.4 Å². The van der Waals surface area contributed by atoms with Gasteiger partial charge in [0.1, 0.15) is 0 Å². The molecule has 2 aromatic carbocycles. The van der Waals surface area contributed by atoms with Gasteiger partial charge in [-0.05, 0) is 40.8 Å². The van der Waals surface area contributed by atoms with Gasteiger partial charge in [-0.3, -0.25) is 4.98 Å². The third-order valence-electron chi connectivity index (χ3n) is 3.37. The fraction of sp³-hybridized carbons (Fsp3) is 0.150. The number of pyridine rings is 1. The number of aliphatic hydroxyl groups is 2. The summed E-state index contributed by atoms with van der Waals surface area (Å²) >= 11 is 0. The first-order valence-corrected chi connectivity index (χ1v) is 7.59. The summed E-state index contributed by atoms with van der Waals surface area (Å²) in [6.07, 6.45) is 4.60. The van der Waals surface area contributed by atoms with E-state index in [0.29, 0.717) is 0 Å². The molecule has 1 aliphatic rings. The predicted molar refractivity (Wildman–Crippen MR) is 93.1 cm³/mol. The molecule has 118 valence electrons. The van der Waals surface area contributed by atoms with E-state index < -0.39 is 0 Å². The summed E-state index contributed by atoms with van der Waals surface area (Å²) in [5.74, 6) is 0. The highest BCUT2D eigenvalue weighted by Crippen LogP contribution is 2.35. The number of rotatable bonds is 1. The smallest absolute Gasteiger partial charge is 0.0662 e. The molecule has 0 radical (unpaired) electrons. The molecule has 0 unspecified atom stereocenters. The van der Waals surface area contributed by atoms with Gasteiger partial charge in [0.2, 0.25) is 0 Å². The molecule has 3 nitrogen and oxygen atoms in total. The molecule has 1 heterocycles. The molecule has 0 atom stereocenters. The van der Waals surface area contributed by atoms with Crippen LogP contribution in [0, 0.1) is 0 Å². The fourth-order valence-corrected chi connectivity index (χ4v) is 2.39. The van der Waals surface area contributed by atoms with Gasteiger partial charge in [0, 0.05) is 12.4 Å². The van der Waals surface area contributed by atoms with Crippen LogP contribution < -0.4 is 0 Å². The van der Waals surface area contributed by atoms with Crippen LogP contribution >= 0.6 is 0 Å². The van der Waals surface area contributed by atoms with Gasteiger partial charge in [0.05, 0.1) is 13.2 Å². The van der Waals surface area contributed by atoms with E-state index in [1.807, 2.05) is 18.2 Å². The van der Waals surface area contributed by atoms with Crippen LogP contribution in [0.2, 0.25) is 0 Å². The third-order valence-corrected chi connectivity index (χ3v) is 3.37. The second kappa shape index (κ2) is 9.51. The zero-order valence-corrected chi connectivity index (χ0v) is 13.0. The number of nitrogens with zero attached hydrogens (tertiary/aromatic N) is 1. The van der Waals surface area contributed by atoms with Crippen molar-refractivity contribution in [1.29, 1.82) is 0 Å². The standard InChI is InChI=1S/C13H10.C5H5N.C2H6O2/c1-3-7-12-10(5-1)9-11-6-2-4-8-13(11)12;1-2-4-6-5-3-1;3-1-2-4/h1-8H,9H2;1-5H;3-4H,1-2H2. The van der Waals surface area contributed by atoms with Crippen molar-refractivity contribution in [1.82, 2.24) is 4.98 Å². The average Bonchev–Trinajstić information content (AvgIpc) is 3.03. The highest BCUT2D eigenvalue weighted by molar-refractivity contribution is 5.76. The van der Waals surface area contributed by atoms with Crippen LogP contribution in [0.1, 0.15) is 11.1 Å². The lowest BCUT2D eigenvalue weighted by atomic mass is 10.1. The Bertz CT molecular complexity index is 627. The molecule has 23 heavy (non-hydrogen) atoms. The van der Waals surface area contributed by atoms with Crippen molar-refractivity contribution >= 4 is 0 Å². The summed E-state index contributed by atoms with van der Waals surface area (Å²) in [5.41, 5.74) is 5.75. The summed E-state index contributed by atoms with van der Waals surface area (Å²) in [5, 5.41) is 15.2. The molecule has 0 spiro atoms. The van der Waals surface area contributed by atoms with E-state index in [0.717, 1.165) is 6.42 Å². The summed E-state index contributed by atoms with van der Waals surface area (Å²) in [6.45, 7) is -0.250. The normalized spacial score (nSPS) is 10.3. The molecular formula is C20H21NO2. The van der Waals surface area contributed by atoms with Crippen molar-refractivity contribution in [2.75, 3.05) is 13.2 Å². The van der Waals surface area contributed by atoms with Crippen molar-refractivity contribution in [2.45, 2.75) is 6.42 Å². The minimum atomic E-state index is -0.125. The van der Waals surface area contributed by atoms with Crippen LogP contribution in [0.25, 0.3) is 11.1 Å². The Labute approximate surface area is 136 Å².